The van der Waals surface area contributed by atoms with Crippen LogP contribution in [-0.2, 0) is 0 Å². The number of aliphatic imine (C=N–C) groups is 1. The molecule has 3 rings (SSSR count). The van der Waals surface area contributed by atoms with Crippen LogP contribution in [0.4, 0.5) is 11.4 Å². The highest BCUT2D eigenvalue weighted by molar-refractivity contribution is 8.31. The third-order valence-electron chi connectivity index (χ3n) is 8.06. The second-order valence-corrected chi connectivity index (χ2v) is 20.3. The van der Waals surface area contributed by atoms with Crippen LogP contribution in [0.1, 0.15) is 143 Å². The van der Waals surface area contributed by atoms with Crippen LogP contribution in [-0.4, -0.2) is 11.9 Å². The van der Waals surface area contributed by atoms with Crippen molar-refractivity contribution in [1.82, 2.24) is 0 Å². The Hall–Kier alpha value is -1.53. The van der Waals surface area contributed by atoms with Crippen LogP contribution in [0.2, 0.25) is 0 Å². The second-order valence-electron chi connectivity index (χ2n) is 15.0. The van der Waals surface area contributed by atoms with Crippen molar-refractivity contribution in [2.24, 2.45) is 21.3 Å². The lowest BCUT2D eigenvalue weighted by atomic mass is 9.89. The third-order valence-corrected chi connectivity index (χ3v) is 13.5. The number of hydrogen-bond acceptors (Lipinski definition) is 3. The van der Waals surface area contributed by atoms with E-state index in [4.69, 9.17) is 10.5 Å². The average molecular weight is 594 g/mol. The molecule has 5 heteroatoms. The van der Waals surface area contributed by atoms with Crippen LogP contribution < -0.4 is 10.2 Å². The Kier molecular flexibility index (Phi) is 10.8. The van der Waals surface area contributed by atoms with Gasteiger partial charge in [0, 0.05) is 28.4 Å². The summed E-state index contributed by atoms with van der Waals surface area (Å²) < 4.78 is 2.59. The summed E-state index contributed by atoms with van der Waals surface area (Å²) in [7, 11) is -1.53. The van der Waals surface area contributed by atoms with E-state index in [0.717, 1.165) is 6.16 Å². The standard InChI is InChI=1S/C36H57N3P2/c1-23(2)27-17-15-18-28(24(3)4)33(27)38-31(35(9,10)11)21-40-22-32(36(12,13)14)39(41(40)37)34-29(25(5)6)19-16-20-30(34)26(7)8/h15-20,22-26H,21,37H2,1-14H3. The summed E-state index contributed by atoms with van der Waals surface area (Å²) in [6.45, 7) is 32.3. The maximum Gasteiger partial charge on any atom is 0.0957 e. The molecule has 0 bridgehead atoms. The summed E-state index contributed by atoms with van der Waals surface area (Å²) in [4.78, 5) is 5.59. The van der Waals surface area contributed by atoms with Crippen molar-refractivity contribution in [2.45, 2.75) is 121 Å². The zero-order valence-electron chi connectivity index (χ0n) is 28.4. The number of anilines is 1. The summed E-state index contributed by atoms with van der Waals surface area (Å²) in [6, 6.07) is 13.6. The van der Waals surface area contributed by atoms with Gasteiger partial charge in [-0.15, -0.1) is 0 Å². The number of benzene rings is 2. The lowest BCUT2D eigenvalue weighted by molar-refractivity contribution is 0.500. The molecule has 1 aliphatic heterocycles. The van der Waals surface area contributed by atoms with Crippen molar-refractivity contribution >= 4 is 32.6 Å². The van der Waals surface area contributed by atoms with E-state index >= 15 is 0 Å². The lowest BCUT2D eigenvalue weighted by Crippen LogP contribution is -2.27. The maximum atomic E-state index is 7.43. The van der Waals surface area contributed by atoms with Gasteiger partial charge < -0.3 is 4.67 Å². The van der Waals surface area contributed by atoms with E-state index in [0.29, 0.717) is 23.7 Å². The van der Waals surface area contributed by atoms with Crippen LogP contribution >= 0.6 is 15.5 Å². The minimum Gasteiger partial charge on any atom is -0.306 e. The molecule has 0 radical (unpaired) electrons. The molecule has 0 aliphatic carbocycles. The largest absolute Gasteiger partial charge is 0.306 e. The first kappa shape index (κ1) is 34.0. The molecule has 41 heavy (non-hydrogen) atoms. The first-order valence-electron chi connectivity index (χ1n) is 15.5. The monoisotopic (exact) mass is 593 g/mol. The number of para-hydroxylation sites is 2. The molecule has 0 fully saturated rings. The lowest BCUT2D eigenvalue weighted by Gasteiger charge is -2.38. The molecule has 1 heterocycles. The average Bonchev–Trinajstić information content (AvgIpc) is 3.18. The molecular formula is C36H57N3P2. The maximum absolute atomic E-state index is 7.43. The summed E-state index contributed by atoms with van der Waals surface area (Å²) in [5.74, 6) is 4.26. The van der Waals surface area contributed by atoms with E-state index < -0.39 is 15.5 Å². The summed E-state index contributed by atoms with van der Waals surface area (Å²) in [6.07, 6.45) is 0.932. The van der Waals surface area contributed by atoms with E-state index in [1.807, 2.05) is 0 Å². The summed E-state index contributed by atoms with van der Waals surface area (Å²) in [5.41, 5.74) is 18.0. The molecule has 1 aliphatic rings. The van der Waals surface area contributed by atoms with Crippen LogP contribution in [0.15, 0.2) is 52.9 Å². The summed E-state index contributed by atoms with van der Waals surface area (Å²) in [5, 5.41) is 0. The van der Waals surface area contributed by atoms with Crippen LogP contribution in [0.3, 0.4) is 0 Å². The number of rotatable bonds is 8. The minimum absolute atomic E-state index is 0.0104. The highest BCUT2D eigenvalue weighted by Gasteiger charge is 2.41. The van der Waals surface area contributed by atoms with Crippen LogP contribution in [0, 0.1) is 10.8 Å². The van der Waals surface area contributed by atoms with Gasteiger partial charge in [-0.25, -0.2) is 0 Å². The van der Waals surface area contributed by atoms with Crippen molar-refractivity contribution < 1.29 is 0 Å². The van der Waals surface area contributed by atoms with Gasteiger partial charge in [0.05, 0.1) is 19.3 Å². The van der Waals surface area contributed by atoms with Gasteiger partial charge in [0.15, 0.2) is 0 Å². The number of hydrogen-bond donors (Lipinski definition) is 1. The molecule has 2 aromatic rings. The van der Waals surface area contributed by atoms with E-state index in [2.05, 4.69) is 144 Å². The molecule has 3 nitrogen and oxygen atoms in total. The molecule has 0 spiro atoms. The molecule has 0 aromatic heterocycles. The molecule has 2 atom stereocenters. The predicted octanol–water partition coefficient (Wildman–Crippen LogP) is 12.4. The van der Waals surface area contributed by atoms with Gasteiger partial charge in [0.25, 0.3) is 0 Å². The zero-order chi connectivity index (χ0) is 31.0. The van der Waals surface area contributed by atoms with Crippen LogP contribution in [0.25, 0.3) is 0 Å². The Bertz CT molecular complexity index is 1220. The van der Waals surface area contributed by atoms with E-state index in [-0.39, 0.29) is 10.8 Å². The smallest absolute Gasteiger partial charge is 0.0957 e. The normalized spacial score (nSPS) is 18.9. The first-order valence-corrected chi connectivity index (χ1v) is 19.2. The fourth-order valence-electron chi connectivity index (χ4n) is 5.46. The molecule has 0 amide bonds. The zero-order valence-corrected chi connectivity index (χ0v) is 30.2. The van der Waals surface area contributed by atoms with E-state index in [1.54, 1.807) is 0 Å². The Morgan fingerprint density at radius 2 is 1.15 bits per heavy atom. The Morgan fingerprint density at radius 1 is 0.732 bits per heavy atom. The molecule has 2 aromatic carbocycles. The highest BCUT2D eigenvalue weighted by Crippen LogP contribution is 2.76. The van der Waals surface area contributed by atoms with Gasteiger partial charge in [-0.05, 0) is 59.4 Å². The Morgan fingerprint density at radius 3 is 1.51 bits per heavy atom. The third kappa shape index (κ3) is 7.52. The second kappa shape index (κ2) is 13.0. The van der Waals surface area contributed by atoms with Crippen molar-refractivity contribution in [3.05, 3.63) is 70.2 Å². The molecule has 0 saturated heterocycles. The van der Waals surface area contributed by atoms with Gasteiger partial charge >= 0.3 is 0 Å². The quantitative estimate of drug-likeness (QED) is 0.244. The molecular weight excluding hydrogens is 536 g/mol. The molecule has 2 unspecified atom stereocenters. The SMILES string of the molecule is CC(C)c1cccc(C(C)C)c1N=C(CP1C=C(C(C)(C)C)N(c2c(C(C)C)cccc2C(C)C)P1N)C(C)(C)C. The van der Waals surface area contributed by atoms with Crippen molar-refractivity contribution in [3.63, 3.8) is 0 Å². The van der Waals surface area contributed by atoms with Crippen molar-refractivity contribution in [1.29, 1.82) is 0 Å². The van der Waals surface area contributed by atoms with Crippen LogP contribution in [0.5, 0.6) is 0 Å². The predicted molar refractivity (Wildman–Crippen MR) is 189 cm³/mol. The minimum atomic E-state index is -0.923. The fraction of sp³-hybridized carbons (Fsp3) is 0.583. The molecule has 2 N–H and O–H groups in total. The number of allylic oxidation sites excluding steroid dienone is 1. The van der Waals surface area contributed by atoms with Gasteiger partial charge in [-0.2, -0.15) is 0 Å². The van der Waals surface area contributed by atoms with Crippen molar-refractivity contribution in [3.8, 4) is 0 Å². The highest BCUT2D eigenvalue weighted by atomic mass is 32.1. The number of nitrogens with zero attached hydrogens (tertiary/aromatic N) is 2. The Balaban J connectivity index is 2.21. The van der Waals surface area contributed by atoms with Gasteiger partial charge in [0.2, 0.25) is 0 Å². The fourth-order valence-corrected chi connectivity index (χ4v) is 11.6. The van der Waals surface area contributed by atoms with Crippen molar-refractivity contribution in [2.75, 3.05) is 10.8 Å². The van der Waals surface area contributed by atoms with E-state index in [9.17, 15) is 0 Å². The molecule has 226 valence electrons. The molecule has 0 saturated carbocycles. The van der Waals surface area contributed by atoms with Gasteiger partial charge in [0.1, 0.15) is 0 Å². The first-order chi connectivity index (χ1) is 18.9. The topological polar surface area (TPSA) is 41.6 Å². The summed E-state index contributed by atoms with van der Waals surface area (Å²) >= 11 is 0. The Labute approximate surface area is 255 Å². The van der Waals surface area contributed by atoms with Gasteiger partial charge in [-0.1, -0.05) is 133 Å². The number of nitrogens with two attached hydrogens (primary N) is 1. The van der Waals surface area contributed by atoms with Gasteiger partial charge in [-0.3, -0.25) is 10.5 Å². The van der Waals surface area contributed by atoms with E-state index in [1.165, 1.54) is 45.0 Å².